The minimum Gasteiger partial charge on any atom is -0.376 e. The first-order valence-corrected chi connectivity index (χ1v) is 3.01. The summed E-state index contributed by atoms with van der Waals surface area (Å²) in [5.41, 5.74) is 5.59. The number of hydrogen-bond donors (Lipinski definition) is 1. The molecule has 0 aromatic rings. The predicted octanol–water partition coefficient (Wildman–Crippen LogP) is 0.513. The van der Waals surface area contributed by atoms with Crippen LogP contribution in [0.2, 0.25) is 0 Å². The Kier molecular flexibility index (Phi) is 1.29. The van der Waals surface area contributed by atoms with Gasteiger partial charge in [-0.15, -0.1) is 0 Å². The van der Waals surface area contributed by atoms with Gasteiger partial charge in [0, 0.05) is 12.1 Å². The van der Waals surface area contributed by atoms with Crippen molar-refractivity contribution in [3.8, 4) is 0 Å². The van der Waals surface area contributed by atoms with Gasteiger partial charge in [0.2, 0.25) is 0 Å². The van der Waals surface area contributed by atoms with Crippen LogP contribution in [0, 0.1) is 0 Å². The van der Waals surface area contributed by atoms with Crippen LogP contribution in [0.1, 0.15) is 20.3 Å². The molecule has 0 aromatic carbocycles. The summed E-state index contributed by atoms with van der Waals surface area (Å²) in [4.78, 5) is 0. The van der Waals surface area contributed by atoms with Crippen molar-refractivity contribution in [3.63, 3.8) is 0 Å². The second kappa shape index (κ2) is 1.71. The average Bonchev–Trinajstić information content (AvgIpc) is 1.16. The number of nitrogens with two attached hydrogens (primary N) is 1. The maximum atomic E-state index is 5.72. The van der Waals surface area contributed by atoms with Crippen LogP contribution in [-0.2, 0) is 4.74 Å². The Hall–Kier alpha value is -0.0800. The molecule has 1 heterocycles. The molecule has 1 saturated heterocycles. The lowest BCUT2D eigenvalue weighted by atomic mass is 9.93. The third-order valence-corrected chi connectivity index (χ3v) is 1.53. The number of hydrogen-bond acceptors (Lipinski definition) is 2. The summed E-state index contributed by atoms with van der Waals surface area (Å²) in [6.07, 6.45) is 1.44. The Balaban J connectivity index is 2.34. The summed E-state index contributed by atoms with van der Waals surface area (Å²) in [7, 11) is 0. The van der Waals surface area contributed by atoms with E-state index in [-0.39, 0.29) is 5.54 Å². The first-order chi connectivity index (χ1) is 3.61. The van der Waals surface area contributed by atoms with Crippen molar-refractivity contribution in [1.82, 2.24) is 0 Å². The Morgan fingerprint density at radius 3 is 2.12 bits per heavy atom. The lowest BCUT2D eigenvalue weighted by Gasteiger charge is -2.37. The monoisotopic (exact) mass is 115 g/mol. The topological polar surface area (TPSA) is 35.2 Å². The lowest BCUT2D eigenvalue weighted by Crippen LogP contribution is -2.51. The molecule has 1 aliphatic rings. The zero-order valence-electron chi connectivity index (χ0n) is 5.48. The molecular formula is C6H13NO. The first kappa shape index (κ1) is 6.05. The predicted molar refractivity (Wildman–Crippen MR) is 32.6 cm³/mol. The van der Waals surface area contributed by atoms with E-state index in [9.17, 15) is 0 Å². The molecule has 8 heavy (non-hydrogen) atoms. The fourth-order valence-electron chi connectivity index (χ4n) is 0.822. The second-order valence-corrected chi connectivity index (χ2v) is 2.97. The average molecular weight is 115 g/mol. The van der Waals surface area contributed by atoms with Crippen LogP contribution < -0.4 is 5.73 Å². The van der Waals surface area contributed by atoms with Gasteiger partial charge in [-0.05, 0) is 20.3 Å². The van der Waals surface area contributed by atoms with Crippen LogP contribution in [-0.4, -0.2) is 18.2 Å². The van der Waals surface area contributed by atoms with E-state index in [1.54, 1.807) is 0 Å². The summed E-state index contributed by atoms with van der Waals surface area (Å²) in [6, 6.07) is 0. The van der Waals surface area contributed by atoms with Gasteiger partial charge < -0.3 is 10.5 Å². The fourth-order valence-corrected chi connectivity index (χ4v) is 0.822. The van der Waals surface area contributed by atoms with Gasteiger partial charge in [-0.25, -0.2) is 0 Å². The zero-order valence-corrected chi connectivity index (χ0v) is 5.48. The van der Waals surface area contributed by atoms with E-state index in [0.717, 1.165) is 13.0 Å². The molecule has 1 unspecified atom stereocenters. The Bertz CT molecular complexity index is 81.0. The molecular weight excluding hydrogens is 102 g/mol. The molecule has 2 heteroatoms. The number of ether oxygens (including phenoxy) is 1. The highest BCUT2D eigenvalue weighted by molar-refractivity contribution is 4.87. The van der Waals surface area contributed by atoms with Gasteiger partial charge in [-0.2, -0.15) is 0 Å². The third kappa shape index (κ3) is 1.01. The van der Waals surface area contributed by atoms with Gasteiger partial charge in [-0.3, -0.25) is 0 Å². The molecule has 1 atom stereocenters. The van der Waals surface area contributed by atoms with Crippen LogP contribution in [0.15, 0.2) is 0 Å². The molecule has 2 nitrogen and oxygen atoms in total. The molecule has 1 rings (SSSR count). The lowest BCUT2D eigenvalue weighted by molar-refractivity contribution is -0.0856. The van der Waals surface area contributed by atoms with Crippen molar-refractivity contribution < 1.29 is 4.74 Å². The van der Waals surface area contributed by atoms with Gasteiger partial charge in [-0.1, -0.05) is 0 Å². The van der Waals surface area contributed by atoms with E-state index < -0.39 is 0 Å². The van der Waals surface area contributed by atoms with Crippen LogP contribution in [0.5, 0.6) is 0 Å². The zero-order chi connectivity index (χ0) is 6.20. The van der Waals surface area contributed by atoms with Crippen molar-refractivity contribution in [2.45, 2.75) is 31.9 Å². The second-order valence-electron chi connectivity index (χ2n) is 2.97. The van der Waals surface area contributed by atoms with Crippen LogP contribution in [0.25, 0.3) is 0 Å². The molecule has 0 spiro atoms. The molecule has 0 bridgehead atoms. The summed E-state index contributed by atoms with van der Waals surface area (Å²) < 4.78 is 5.17. The van der Waals surface area contributed by atoms with E-state index in [2.05, 4.69) is 0 Å². The largest absolute Gasteiger partial charge is 0.376 e. The minimum absolute atomic E-state index is 0.127. The first-order valence-electron chi connectivity index (χ1n) is 3.01. The van der Waals surface area contributed by atoms with E-state index in [1.807, 2.05) is 13.8 Å². The van der Waals surface area contributed by atoms with Gasteiger partial charge >= 0.3 is 0 Å². The van der Waals surface area contributed by atoms with Crippen molar-refractivity contribution in [3.05, 3.63) is 0 Å². The van der Waals surface area contributed by atoms with Crippen LogP contribution in [0.4, 0.5) is 0 Å². The molecule has 0 saturated carbocycles. The third-order valence-electron chi connectivity index (χ3n) is 1.53. The van der Waals surface area contributed by atoms with Crippen molar-refractivity contribution >= 4 is 0 Å². The maximum Gasteiger partial charge on any atom is 0.0770 e. The molecule has 48 valence electrons. The molecule has 0 aliphatic carbocycles. The van der Waals surface area contributed by atoms with E-state index in [4.69, 9.17) is 10.5 Å². The van der Waals surface area contributed by atoms with Crippen molar-refractivity contribution in [2.24, 2.45) is 5.73 Å². The highest BCUT2D eigenvalue weighted by Crippen LogP contribution is 2.20. The molecule has 1 aliphatic heterocycles. The molecule has 0 aromatic heterocycles. The summed E-state index contributed by atoms with van der Waals surface area (Å²) in [6.45, 7) is 4.89. The van der Waals surface area contributed by atoms with Crippen LogP contribution in [0.3, 0.4) is 0 Å². The highest BCUT2D eigenvalue weighted by atomic mass is 16.5. The fraction of sp³-hybridized carbons (Fsp3) is 1.00. The maximum absolute atomic E-state index is 5.72. The molecule has 1 fully saturated rings. The van der Waals surface area contributed by atoms with E-state index in [0.29, 0.717) is 6.10 Å². The van der Waals surface area contributed by atoms with Gasteiger partial charge in [0.25, 0.3) is 0 Å². The Morgan fingerprint density at radius 1 is 1.62 bits per heavy atom. The van der Waals surface area contributed by atoms with Crippen LogP contribution >= 0.6 is 0 Å². The Labute approximate surface area is 50.0 Å². The summed E-state index contributed by atoms with van der Waals surface area (Å²) in [5, 5.41) is 0. The normalized spacial score (nSPS) is 29.6. The highest BCUT2D eigenvalue weighted by Gasteiger charge is 2.31. The van der Waals surface area contributed by atoms with Gasteiger partial charge in [0.05, 0.1) is 6.10 Å². The molecule has 0 amide bonds. The standard InChI is InChI=1S/C6H13NO/c1-6(2,7)5-3-4-8-5/h5H,3-4,7H2,1-2H3. The minimum atomic E-state index is -0.127. The Morgan fingerprint density at radius 2 is 2.12 bits per heavy atom. The van der Waals surface area contributed by atoms with Gasteiger partial charge in [0.1, 0.15) is 0 Å². The SMILES string of the molecule is CC(C)(N)C1CCO1. The van der Waals surface area contributed by atoms with E-state index >= 15 is 0 Å². The quantitative estimate of drug-likeness (QED) is 0.540. The summed E-state index contributed by atoms with van der Waals surface area (Å²) in [5.74, 6) is 0. The summed E-state index contributed by atoms with van der Waals surface area (Å²) >= 11 is 0. The van der Waals surface area contributed by atoms with Crippen molar-refractivity contribution in [2.75, 3.05) is 6.61 Å². The van der Waals surface area contributed by atoms with Crippen molar-refractivity contribution in [1.29, 1.82) is 0 Å². The molecule has 0 radical (unpaired) electrons. The molecule has 2 N–H and O–H groups in total. The smallest absolute Gasteiger partial charge is 0.0770 e. The number of rotatable bonds is 1. The van der Waals surface area contributed by atoms with E-state index in [1.165, 1.54) is 0 Å². The van der Waals surface area contributed by atoms with Gasteiger partial charge in [0.15, 0.2) is 0 Å².